The number of anilines is 2. The summed E-state index contributed by atoms with van der Waals surface area (Å²) in [5, 5.41) is 22.1. The molecule has 0 aliphatic rings. The molecule has 0 amide bonds. The third kappa shape index (κ3) is 3.22. The molecular weight excluding hydrogens is 330 g/mol. The van der Waals surface area contributed by atoms with Crippen LogP contribution in [0.3, 0.4) is 0 Å². The monoisotopic (exact) mass is 342 g/mol. The van der Waals surface area contributed by atoms with Crippen molar-refractivity contribution in [1.82, 2.24) is 4.98 Å². The van der Waals surface area contributed by atoms with E-state index in [1.165, 1.54) is 26.5 Å². The second-order valence-corrected chi connectivity index (χ2v) is 4.98. The molecule has 0 aliphatic carbocycles. The van der Waals surface area contributed by atoms with Crippen molar-refractivity contribution in [2.24, 2.45) is 0 Å². The van der Waals surface area contributed by atoms with Gasteiger partial charge in [0.25, 0.3) is 0 Å². The molecule has 9 heteroatoms. The highest BCUT2D eigenvalue weighted by Gasteiger charge is 2.21. The Hall–Kier alpha value is -1.67. The van der Waals surface area contributed by atoms with Crippen LogP contribution in [0.1, 0.15) is 0 Å². The van der Waals surface area contributed by atoms with Crippen LogP contribution in [-0.4, -0.2) is 36.4 Å². The van der Waals surface area contributed by atoms with Crippen LogP contribution in [-0.2, 0) is 0 Å². The first-order valence-corrected chi connectivity index (χ1v) is 6.93. The predicted molar refractivity (Wildman–Crippen MR) is 86.9 cm³/mol. The molecule has 1 heterocycles. The van der Waals surface area contributed by atoms with Gasteiger partial charge in [0.05, 0.1) is 19.9 Å². The van der Waals surface area contributed by atoms with Gasteiger partial charge in [0.1, 0.15) is 27.4 Å². The Morgan fingerprint density at radius 2 is 1.73 bits per heavy atom. The Bertz CT molecular complexity index is 657. The van der Waals surface area contributed by atoms with E-state index in [0.29, 0.717) is 17.2 Å². The van der Waals surface area contributed by atoms with Crippen molar-refractivity contribution in [3.05, 3.63) is 34.4 Å². The maximum Gasteiger partial charge on any atom is 0.492 e. The average molecular weight is 343 g/mol. The highest BCUT2D eigenvalue weighted by Crippen LogP contribution is 2.44. The summed E-state index contributed by atoms with van der Waals surface area (Å²) >= 11 is 12.5. The van der Waals surface area contributed by atoms with Crippen molar-refractivity contribution in [1.29, 1.82) is 0 Å². The number of nitrogens with zero attached hydrogens (tertiary/aromatic N) is 1. The molecule has 3 N–H and O–H groups in total. The summed E-state index contributed by atoms with van der Waals surface area (Å²) in [5.41, 5.74) is 0.469. The van der Waals surface area contributed by atoms with Gasteiger partial charge in [-0.25, -0.2) is 4.98 Å². The molecule has 2 aromatic rings. The second-order valence-electron chi connectivity index (χ2n) is 4.22. The number of hydrogen-bond donors (Lipinski definition) is 3. The molecule has 0 saturated carbocycles. The van der Waals surface area contributed by atoms with Crippen LogP contribution in [0, 0.1) is 0 Å². The van der Waals surface area contributed by atoms with Gasteiger partial charge in [-0.2, -0.15) is 0 Å². The van der Waals surface area contributed by atoms with Gasteiger partial charge in [-0.1, -0.05) is 29.3 Å². The first-order chi connectivity index (χ1) is 10.5. The minimum Gasteiger partial charge on any atom is -0.495 e. The number of aromatic nitrogens is 1. The molecule has 22 heavy (non-hydrogen) atoms. The summed E-state index contributed by atoms with van der Waals surface area (Å²) in [5.74, 6) is 0.913. The van der Waals surface area contributed by atoms with E-state index in [4.69, 9.17) is 32.7 Å². The zero-order chi connectivity index (χ0) is 16.3. The lowest BCUT2D eigenvalue weighted by Crippen LogP contribution is -2.32. The fourth-order valence-corrected chi connectivity index (χ4v) is 2.44. The van der Waals surface area contributed by atoms with E-state index in [-0.39, 0.29) is 21.3 Å². The fourth-order valence-electron chi connectivity index (χ4n) is 1.84. The topological polar surface area (TPSA) is 83.8 Å². The standard InChI is InChI=1S/C13H13BCl2N2O4/c1-21-8-6-9(22-2)11(16)12(10(8)15)18-13-7(14(19)20)4-3-5-17-13/h3-6,19-20H,1-2H3,(H,17,18). The van der Waals surface area contributed by atoms with Crippen LogP contribution in [0.15, 0.2) is 24.4 Å². The molecule has 0 bridgehead atoms. The molecular formula is C13H13BCl2N2O4. The number of nitrogens with one attached hydrogen (secondary N) is 1. The van der Waals surface area contributed by atoms with Gasteiger partial charge in [-0.3, -0.25) is 0 Å². The number of rotatable bonds is 5. The summed E-state index contributed by atoms with van der Waals surface area (Å²) in [6.45, 7) is 0. The van der Waals surface area contributed by atoms with Crippen molar-refractivity contribution >= 4 is 47.3 Å². The minimum absolute atomic E-state index is 0.177. The van der Waals surface area contributed by atoms with Crippen LogP contribution in [0.4, 0.5) is 11.5 Å². The zero-order valence-electron chi connectivity index (χ0n) is 11.8. The molecule has 0 unspecified atom stereocenters. The van der Waals surface area contributed by atoms with Crippen molar-refractivity contribution in [2.75, 3.05) is 19.5 Å². The van der Waals surface area contributed by atoms with Crippen molar-refractivity contribution in [2.45, 2.75) is 0 Å². The highest BCUT2D eigenvalue weighted by molar-refractivity contribution is 6.60. The number of ether oxygens (including phenoxy) is 2. The molecule has 1 aromatic heterocycles. The van der Waals surface area contributed by atoms with Crippen molar-refractivity contribution < 1.29 is 19.5 Å². The molecule has 0 radical (unpaired) electrons. The van der Waals surface area contributed by atoms with E-state index in [2.05, 4.69) is 10.3 Å². The number of benzene rings is 1. The van der Waals surface area contributed by atoms with Crippen LogP contribution in [0.25, 0.3) is 0 Å². The van der Waals surface area contributed by atoms with Gasteiger partial charge in [0.2, 0.25) is 0 Å². The van der Waals surface area contributed by atoms with Crippen LogP contribution >= 0.6 is 23.2 Å². The summed E-state index contributed by atoms with van der Waals surface area (Å²) in [7, 11) is 1.23. The summed E-state index contributed by atoms with van der Waals surface area (Å²) in [4.78, 5) is 4.06. The van der Waals surface area contributed by atoms with Gasteiger partial charge < -0.3 is 24.8 Å². The maximum absolute atomic E-state index is 9.38. The van der Waals surface area contributed by atoms with E-state index in [1.54, 1.807) is 12.1 Å². The molecule has 0 aliphatic heterocycles. The number of methoxy groups -OCH3 is 2. The molecule has 0 saturated heterocycles. The summed E-state index contributed by atoms with van der Waals surface area (Å²) in [6, 6.07) is 4.64. The minimum atomic E-state index is -1.69. The molecule has 0 atom stereocenters. The fraction of sp³-hybridized carbons (Fsp3) is 0.154. The van der Waals surface area contributed by atoms with Gasteiger partial charge in [-0.05, 0) is 6.07 Å². The van der Waals surface area contributed by atoms with Crippen molar-refractivity contribution in [3.8, 4) is 11.5 Å². The quantitative estimate of drug-likeness (QED) is 0.719. The Balaban J connectivity index is 2.54. The second kappa shape index (κ2) is 7.06. The van der Waals surface area contributed by atoms with E-state index in [9.17, 15) is 10.0 Å². The van der Waals surface area contributed by atoms with Crippen molar-refractivity contribution in [3.63, 3.8) is 0 Å². The lowest BCUT2D eigenvalue weighted by molar-refractivity contribution is 0.395. The first kappa shape index (κ1) is 16.7. The van der Waals surface area contributed by atoms with Gasteiger partial charge in [-0.15, -0.1) is 0 Å². The van der Waals surface area contributed by atoms with Gasteiger partial charge in [0, 0.05) is 17.7 Å². The first-order valence-electron chi connectivity index (χ1n) is 6.17. The van der Waals surface area contributed by atoms with Gasteiger partial charge in [0.15, 0.2) is 0 Å². The molecule has 2 rings (SSSR count). The normalized spacial score (nSPS) is 10.3. The number of halogens is 2. The third-order valence-electron chi connectivity index (χ3n) is 2.93. The lowest BCUT2D eigenvalue weighted by Gasteiger charge is -2.17. The van der Waals surface area contributed by atoms with E-state index >= 15 is 0 Å². The lowest BCUT2D eigenvalue weighted by atomic mass is 9.80. The van der Waals surface area contributed by atoms with E-state index < -0.39 is 7.12 Å². The molecule has 116 valence electrons. The van der Waals surface area contributed by atoms with Crippen LogP contribution in [0.2, 0.25) is 10.0 Å². The third-order valence-corrected chi connectivity index (χ3v) is 3.68. The van der Waals surface area contributed by atoms with Gasteiger partial charge >= 0.3 is 7.12 Å². The average Bonchev–Trinajstić information content (AvgIpc) is 2.52. The Morgan fingerprint density at radius 3 is 2.23 bits per heavy atom. The van der Waals surface area contributed by atoms with Crippen LogP contribution in [0.5, 0.6) is 11.5 Å². The highest BCUT2D eigenvalue weighted by atomic mass is 35.5. The number of hydrogen-bond acceptors (Lipinski definition) is 6. The smallest absolute Gasteiger partial charge is 0.492 e. The van der Waals surface area contributed by atoms with E-state index in [0.717, 1.165) is 0 Å². The molecule has 0 spiro atoms. The Morgan fingerprint density at radius 1 is 1.14 bits per heavy atom. The Labute approximate surface area is 137 Å². The molecule has 0 fully saturated rings. The zero-order valence-corrected chi connectivity index (χ0v) is 13.3. The predicted octanol–water partition coefficient (Wildman–Crippen LogP) is 1.83. The summed E-state index contributed by atoms with van der Waals surface area (Å²) in [6.07, 6.45) is 1.49. The SMILES string of the molecule is COc1cc(OC)c(Cl)c(Nc2ncccc2B(O)O)c1Cl. The number of pyridine rings is 1. The van der Waals surface area contributed by atoms with Crippen LogP contribution < -0.4 is 20.3 Å². The maximum atomic E-state index is 9.38. The van der Waals surface area contributed by atoms with E-state index in [1.807, 2.05) is 0 Å². The Kier molecular flexibility index (Phi) is 5.36. The molecule has 1 aromatic carbocycles. The molecule has 6 nitrogen and oxygen atoms in total. The largest absolute Gasteiger partial charge is 0.495 e. The summed E-state index contributed by atoms with van der Waals surface area (Å²) < 4.78 is 10.3.